The van der Waals surface area contributed by atoms with Crippen LogP contribution in [0.15, 0.2) is 205 Å². The van der Waals surface area contributed by atoms with Crippen LogP contribution in [0, 0.1) is 35.5 Å². The second-order valence-corrected chi connectivity index (χ2v) is 52.0. The number of allylic oxidation sites excluding steroid dienone is 3. The summed E-state index contributed by atoms with van der Waals surface area (Å²) in [5, 5.41) is 21.9. The number of alkyl halides is 3. The van der Waals surface area contributed by atoms with E-state index in [9.17, 15) is 40.8 Å². The van der Waals surface area contributed by atoms with Crippen LogP contribution in [0.25, 0.3) is 71.9 Å². The Morgan fingerprint density at radius 1 is 0.444 bits per heavy atom. The quantitative estimate of drug-likeness (QED) is 0.0651. The Morgan fingerprint density at radius 2 is 0.852 bits per heavy atom. The van der Waals surface area contributed by atoms with Crippen LogP contribution < -0.4 is 10.8 Å². The Bertz CT molecular complexity index is 6510. The zero-order chi connectivity index (χ0) is 103. The number of amides is 4. The molecule has 19 rings (SSSR count). The molecular formula is C111H137BBrF3N6O13S7. The zero-order valence-corrected chi connectivity index (χ0v) is 93.0. The number of likely N-dealkylation sites (tertiary alicyclic amines) is 1. The number of fused-ring (bicyclic) bond motifs is 6. The number of rotatable bonds is 8. The molecule has 12 aromatic rings. The highest BCUT2D eigenvalue weighted by molar-refractivity contribution is 9.11. The summed E-state index contributed by atoms with van der Waals surface area (Å²) in [7, 11) is -6.11. The summed E-state index contributed by atoms with van der Waals surface area (Å²) in [6.07, 6.45) is 13.1. The smallest absolute Gasteiger partial charge is 0.444 e. The minimum Gasteiger partial charge on any atom is -0.444 e. The van der Waals surface area contributed by atoms with Crippen molar-refractivity contribution in [1.82, 2.24) is 24.9 Å². The molecular weight excluding hydrogens is 2000 g/mol. The standard InChI is InChI=1S/C19H24BrNO2S.2C19H23NO2S.C14H17BO2S.C14H17NS.C14H15NS.C12H18F3NO5S/c1-12-5-7-15(21(11-12)18(22)23-19(2,3)4)13-6-8-16-14(9-13)10-17(20)24-16;2*1-13-5-7-16(20(12-13)18(21)22-19(2,3)4)14-6-8-17-15(11-14)9-10-23-17;1-13(2)14(3,4)17-15(16-13)11-5-6-12-10(9-11)7-8-18-12;2*1-10-2-4-13(15-9-10)11-3-5-14-12(8-11)6-7-16-14;1-8-5-6-9(21-22(18,19)12(13,14)15)16(7-8)10(17)20-11(2,3)4/h6,8-10,12,15H,5,7,11H2,1-4H3;2*6-11,13H,5,12H2,1-4H3;5-9H,1-4H3;3,5-8,10,13,15H,2,4,9H2,1H3;3,5-8,10H,2,4,9H2,1H3;6,8H,5,7H2,1-4H3/t12-,15+;2*13-;;10-,13+;10-;8-/m000.000/s1. The number of carbonyl (C=O) groups is 4. The van der Waals surface area contributed by atoms with Crippen molar-refractivity contribution in [3.05, 3.63) is 228 Å². The Kier molecular flexibility index (Phi) is 36.0. The molecule has 3 saturated heterocycles. The molecule has 8 atom stereocenters. The number of ether oxygens (including phenoxy) is 4. The molecule has 7 aliphatic rings. The topological polar surface area (TPSA) is 204 Å². The summed E-state index contributed by atoms with van der Waals surface area (Å²) in [6.45, 7) is 47.4. The lowest BCUT2D eigenvalue weighted by molar-refractivity contribution is -0.0546. The van der Waals surface area contributed by atoms with Crippen molar-refractivity contribution < 1.29 is 73.2 Å². The summed E-state index contributed by atoms with van der Waals surface area (Å²) in [6, 6.07) is 52.9. The van der Waals surface area contributed by atoms with Crippen LogP contribution >= 0.6 is 84.0 Å². The molecule has 13 heterocycles. The summed E-state index contributed by atoms with van der Waals surface area (Å²) in [5.74, 6) is 2.22. The minimum atomic E-state index is -5.84. The van der Waals surface area contributed by atoms with Crippen molar-refractivity contribution in [2.75, 3.05) is 39.3 Å². The minimum absolute atomic E-state index is 0.00583. The molecule has 0 saturated carbocycles. The van der Waals surface area contributed by atoms with Crippen molar-refractivity contribution in [2.24, 2.45) is 40.5 Å². The SMILES string of the molecule is CC1(C)OB(c2ccc3sccc3c2)OC1(C)C.C[C@H]1CC=C(OS(=O)(=O)C(F)(F)F)N(C(=O)OC(C)(C)C)C1.C[C@H]1CC=C(c2ccc3sccc3c2)N(C(=O)OC(C)(C)C)C1.C[C@H]1CC=C(c2ccc3sccc3c2)N(C(=O)OC(C)(C)C)C1.C[C@H]1CCC(c2ccc3sccc3c2)=NC1.C[C@H]1CC[C@H](c2ccc3sc(Br)cc3c2)N(C(=O)OC(C)(C)C)C1.C[C@H]1CC[C@H](c2ccc3sccc3c2)NC1. The second-order valence-electron chi connectivity index (χ2n) is 43.3. The van der Waals surface area contributed by atoms with Gasteiger partial charge in [-0.05, 0) is 428 Å². The first-order valence-electron chi connectivity index (χ1n) is 49.0. The van der Waals surface area contributed by atoms with Crippen LogP contribution in [0.3, 0.4) is 0 Å². The normalized spacial score (nSPS) is 21.0. The molecule has 6 aromatic heterocycles. The molecule has 0 unspecified atom stereocenters. The van der Waals surface area contributed by atoms with Gasteiger partial charge in [0.25, 0.3) is 0 Å². The van der Waals surface area contributed by atoms with Gasteiger partial charge in [0.2, 0.25) is 5.88 Å². The number of hydrogen-bond donors (Lipinski definition) is 1. The number of aliphatic imine (C=N–C) groups is 1. The first-order valence-corrected chi connectivity index (χ1v) is 56.4. The third-order valence-electron chi connectivity index (χ3n) is 25.4. The number of nitrogens with one attached hydrogen (secondary N) is 1. The molecule has 762 valence electrons. The first kappa shape index (κ1) is 110. The maximum Gasteiger partial charge on any atom is 0.534 e. The number of hydrogen-bond acceptors (Lipinski definition) is 21. The van der Waals surface area contributed by atoms with E-state index in [-0.39, 0.29) is 61.5 Å². The maximum absolute atomic E-state index is 12.7. The predicted octanol–water partition coefficient (Wildman–Crippen LogP) is 31.7. The van der Waals surface area contributed by atoms with E-state index in [0.717, 1.165) is 106 Å². The number of thiophene rings is 6. The van der Waals surface area contributed by atoms with Gasteiger partial charge in [-0.2, -0.15) is 21.6 Å². The Hall–Kier alpha value is -8.99. The van der Waals surface area contributed by atoms with Crippen LogP contribution in [0.4, 0.5) is 32.3 Å². The van der Waals surface area contributed by atoms with Crippen LogP contribution in [0.2, 0.25) is 0 Å². The van der Waals surface area contributed by atoms with E-state index < -0.39 is 50.0 Å². The molecule has 6 aromatic carbocycles. The van der Waals surface area contributed by atoms with Crippen LogP contribution in [-0.2, 0) is 42.6 Å². The van der Waals surface area contributed by atoms with E-state index in [1.54, 1.807) is 94.2 Å². The molecule has 19 nitrogen and oxygen atoms in total. The Balaban J connectivity index is 0.000000140. The molecule has 0 spiro atoms. The van der Waals surface area contributed by atoms with Gasteiger partial charge >= 0.3 is 47.1 Å². The first-order chi connectivity index (χ1) is 66.7. The lowest BCUT2D eigenvalue weighted by Crippen LogP contribution is -2.44. The average Bonchev–Trinajstić information content (AvgIpc) is 1.61. The van der Waals surface area contributed by atoms with Crippen molar-refractivity contribution in [3.8, 4) is 0 Å². The van der Waals surface area contributed by atoms with Gasteiger partial charge in [0, 0.05) is 72.7 Å². The van der Waals surface area contributed by atoms with E-state index >= 15 is 0 Å². The molecule has 31 heteroatoms. The largest absolute Gasteiger partial charge is 0.534 e. The molecule has 4 amide bonds. The van der Waals surface area contributed by atoms with Crippen LogP contribution in [0.1, 0.15) is 250 Å². The third-order valence-corrected chi connectivity index (χ3v) is 32.5. The zero-order valence-electron chi connectivity index (χ0n) is 85.7. The summed E-state index contributed by atoms with van der Waals surface area (Å²) < 4.78 is 106. The monoisotopic (exact) mass is 2130 g/mol. The number of carbonyl (C=O) groups excluding carboxylic acids is 4. The molecule has 1 N–H and O–H groups in total. The third kappa shape index (κ3) is 29.9. The highest BCUT2D eigenvalue weighted by Gasteiger charge is 2.53. The van der Waals surface area contributed by atoms with E-state index in [1.807, 2.05) is 78.6 Å². The van der Waals surface area contributed by atoms with E-state index in [4.69, 9.17) is 33.2 Å². The summed E-state index contributed by atoms with van der Waals surface area (Å²) in [4.78, 5) is 60.9. The molecule has 7 aliphatic heterocycles. The Morgan fingerprint density at radius 3 is 1.32 bits per heavy atom. The van der Waals surface area contributed by atoms with Gasteiger partial charge in [0.1, 0.15) is 22.4 Å². The fourth-order valence-corrected chi connectivity index (χ4v) is 23.1. The number of halogens is 4. The Labute approximate surface area is 869 Å². The molecule has 142 heavy (non-hydrogen) atoms. The van der Waals surface area contributed by atoms with Gasteiger partial charge in [0.05, 0.1) is 32.4 Å². The van der Waals surface area contributed by atoms with Gasteiger partial charge in [-0.25, -0.2) is 24.1 Å². The highest BCUT2D eigenvalue weighted by Crippen LogP contribution is 2.43. The van der Waals surface area contributed by atoms with Gasteiger partial charge in [-0.3, -0.25) is 14.8 Å². The van der Waals surface area contributed by atoms with E-state index in [1.165, 1.54) is 102 Å². The van der Waals surface area contributed by atoms with Gasteiger partial charge in [-0.15, -0.1) is 68.0 Å². The van der Waals surface area contributed by atoms with Gasteiger partial charge in [0.15, 0.2) is 0 Å². The molecule has 0 bridgehead atoms. The lowest BCUT2D eigenvalue weighted by Gasteiger charge is -2.39. The van der Waals surface area contributed by atoms with Crippen LogP contribution in [0.5, 0.6) is 0 Å². The van der Waals surface area contributed by atoms with Crippen molar-refractivity contribution >= 4 is 209 Å². The summed E-state index contributed by atoms with van der Waals surface area (Å²) >= 11 is 14.1. The molecule has 0 radical (unpaired) electrons. The van der Waals surface area contributed by atoms with Gasteiger partial charge in [-0.1, -0.05) is 96.2 Å². The fourth-order valence-electron chi connectivity index (χ4n) is 17.3. The van der Waals surface area contributed by atoms with E-state index in [0.29, 0.717) is 36.9 Å². The van der Waals surface area contributed by atoms with Crippen molar-refractivity contribution in [3.63, 3.8) is 0 Å². The summed E-state index contributed by atoms with van der Waals surface area (Å²) in [5.41, 5.74) is 2.00. The maximum atomic E-state index is 12.7. The number of benzene rings is 6. The predicted molar refractivity (Wildman–Crippen MR) is 588 cm³/mol. The van der Waals surface area contributed by atoms with Crippen LogP contribution in [-0.4, -0.2) is 144 Å². The number of nitrogens with zero attached hydrogens (tertiary/aromatic N) is 5. The fraction of sp³-hybridized carbons (Fsp3) is 0.468. The average molecular weight is 2140 g/mol. The molecule has 0 aliphatic carbocycles. The lowest BCUT2D eigenvalue weighted by atomic mass is 9.79. The van der Waals surface area contributed by atoms with Crippen molar-refractivity contribution in [1.29, 1.82) is 0 Å². The molecule has 3 fully saturated rings. The highest BCUT2D eigenvalue weighted by atomic mass is 79.9. The van der Waals surface area contributed by atoms with E-state index in [2.05, 4.69) is 272 Å². The second kappa shape index (κ2) is 46.4. The number of piperidine rings is 2. The van der Waals surface area contributed by atoms with Gasteiger partial charge < -0.3 is 42.7 Å². The van der Waals surface area contributed by atoms with Crippen molar-refractivity contribution in [2.45, 2.75) is 261 Å².